The molecular weight excluding hydrogens is 304 g/mol. The molecule has 120 valence electrons. The number of rotatable bonds is 6. The standard InChI is InChI=1S/C14H20N4O3S/c1-17-11-12(9-15-17)22(19,20)16-10-13(14-5-4-8-21-14)18-6-2-3-7-18/h4-5,8-9,11,13,16H,2-3,6-7,10H2,1H3/t13-/m1/s1. The Hall–Kier alpha value is -1.64. The number of furan rings is 1. The SMILES string of the molecule is Cn1cc(S(=O)(=O)NC[C@H](c2ccco2)N2CCCC2)cn1. The molecule has 1 fully saturated rings. The molecule has 0 bridgehead atoms. The summed E-state index contributed by atoms with van der Waals surface area (Å²) in [6, 6.07) is 3.64. The van der Waals surface area contributed by atoms with Crippen molar-refractivity contribution >= 4 is 10.0 Å². The zero-order valence-corrected chi connectivity index (χ0v) is 13.3. The Balaban J connectivity index is 1.74. The average Bonchev–Trinajstić information content (AvgIpc) is 3.20. The van der Waals surface area contributed by atoms with E-state index in [1.54, 1.807) is 13.3 Å². The number of nitrogens with one attached hydrogen (secondary N) is 1. The van der Waals surface area contributed by atoms with Crippen LogP contribution in [0, 0.1) is 0 Å². The summed E-state index contributed by atoms with van der Waals surface area (Å²) in [7, 11) is -1.87. The lowest BCUT2D eigenvalue weighted by Gasteiger charge is -2.25. The molecule has 3 heterocycles. The Kier molecular flexibility index (Phi) is 4.32. The second-order valence-corrected chi connectivity index (χ2v) is 7.24. The molecule has 1 atom stereocenters. The summed E-state index contributed by atoms with van der Waals surface area (Å²) < 4.78 is 34.3. The van der Waals surface area contributed by atoms with Crippen LogP contribution in [0.2, 0.25) is 0 Å². The third-order valence-corrected chi connectivity index (χ3v) is 5.29. The smallest absolute Gasteiger partial charge is 0.243 e. The van der Waals surface area contributed by atoms with Gasteiger partial charge in [0.05, 0.1) is 18.5 Å². The summed E-state index contributed by atoms with van der Waals surface area (Å²) in [5.74, 6) is 0.788. The highest BCUT2D eigenvalue weighted by Gasteiger charge is 2.27. The van der Waals surface area contributed by atoms with Crippen LogP contribution < -0.4 is 4.72 Å². The van der Waals surface area contributed by atoms with Gasteiger partial charge in [0.15, 0.2) is 0 Å². The van der Waals surface area contributed by atoms with Crippen molar-refractivity contribution in [3.05, 3.63) is 36.5 Å². The predicted molar refractivity (Wildman–Crippen MR) is 80.7 cm³/mol. The van der Waals surface area contributed by atoms with Crippen molar-refractivity contribution in [3.63, 3.8) is 0 Å². The number of sulfonamides is 1. The lowest BCUT2D eigenvalue weighted by atomic mass is 10.2. The first-order valence-corrected chi connectivity index (χ1v) is 8.80. The fraction of sp³-hybridized carbons (Fsp3) is 0.500. The number of aromatic nitrogens is 2. The summed E-state index contributed by atoms with van der Waals surface area (Å²) in [5, 5.41) is 3.91. The molecule has 1 aliphatic heterocycles. The first kappa shape index (κ1) is 15.3. The number of hydrogen-bond acceptors (Lipinski definition) is 5. The maximum absolute atomic E-state index is 12.3. The van der Waals surface area contributed by atoms with Gasteiger partial charge in [-0.1, -0.05) is 0 Å². The number of aryl methyl sites for hydroxylation is 1. The molecule has 22 heavy (non-hydrogen) atoms. The van der Waals surface area contributed by atoms with Crippen LogP contribution in [-0.2, 0) is 17.1 Å². The van der Waals surface area contributed by atoms with Crippen LogP contribution in [0.4, 0.5) is 0 Å². The monoisotopic (exact) mass is 324 g/mol. The van der Waals surface area contributed by atoms with Gasteiger partial charge in [0.25, 0.3) is 0 Å². The summed E-state index contributed by atoms with van der Waals surface area (Å²) in [4.78, 5) is 2.43. The van der Waals surface area contributed by atoms with Crippen LogP contribution in [0.5, 0.6) is 0 Å². The number of hydrogen-bond donors (Lipinski definition) is 1. The molecule has 0 amide bonds. The van der Waals surface area contributed by atoms with Crippen molar-refractivity contribution in [2.24, 2.45) is 7.05 Å². The largest absolute Gasteiger partial charge is 0.468 e. The topological polar surface area (TPSA) is 80.4 Å². The summed E-state index contributed by atoms with van der Waals surface area (Å²) in [6.07, 6.45) is 6.72. The van der Waals surface area contributed by atoms with E-state index in [1.807, 2.05) is 12.1 Å². The minimum atomic E-state index is -3.56. The van der Waals surface area contributed by atoms with Gasteiger partial charge in [0.2, 0.25) is 10.0 Å². The fourth-order valence-electron chi connectivity index (χ4n) is 2.75. The van der Waals surface area contributed by atoms with E-state index in [-0.39, 0.29) is 17.5 Å². The van der Waals surface area contributed by atoms with Gasteiger partial charge in [-0.25, -0.2) is 13.1 Å². The molecule has 0 saturated carbocycles. The fourth-order valence-corrected chi connectivity index (χ4v) is 3.77. The van der Waals surface area contributed by atoms with E-state index in [0.29, 0.717) is 0 Å². The molecule has 1 N–H and O–H groups in total. The van der Waals surface area contributed by atoms with E-state index < -0.39 is 10.0 Å². The third-order valence-electron chi connectivity index (χ3n) is 3.91. The second-order valence-electron chi connectivity index (χ2n) is 5.48. The van der Waals surface area contributed by atoms with Gasteiger partial charge >= 0.3 is 0 Å². The van der Waals surface area contributed by atoms with Crippen molar-refractivity contribution in [2.45, 2.75) is 23.8 Å². The van der Waals surface area contributed by atoms with Crippen LogP contribution >= 0.6 is 0 Å². The maximum Gasteiger partial charge on any atom is 0.243 e. The molecule has 0 unspecified atom stereocenters. The maximum atomic E-state index is 12.3. The molecular formula is C14H20N4O3S. The molecule has 2 aromatic heterocycles. The van der Waals surface area contributed by atoms with E-state index in [1.165, 1.54) is 17.1 Å². The zero-order valence-electron chi connectivity index (χ0n) is 12.5. The number of likely N-dealkylation sites (tertiary alicyclic amines) is 1. The van der Waals surface area contributed by atoms with Crippen LogP contribution in [0.25, 0.3) is 0 Å². The molecule has 0 aliphatic carbocycles. The Morgan fingerprint density at radius 2 is 2.18 bits per heavy atom. The first-order chi connectivity index (χ1) is 10.6. The normalized spacial score (nSPS) is 17.9. The van der Waals surface area contributed by atoms with E-state index >= 15 is 0 Å². The number of nitrogens with zero attached hydrogens (tertiary/aromatic N) is 3. The molecule has 0 aromatic carbocycles. The molecule has 1 saturated heterocycles. The van der Waals surface area contributed by atoms with Gasteiger partial charge in [-0.15, -0.1) is 0 Å². The second kappa shape index (κ2) is 6.23. The highest BCUT2D eigenvalue weighted by atomic mass is 32.2. The van der Waals surface area contributed by atoms with Crippen LogP contribution in [0.3, 0.4) is 0 Å². The average molecular weight is 324 g/mol. The lowest BCUT2D eigenvalue weighted by Crippen LogP contribution is -2.36. The van der Waals surface area contributed by atoms with Gasteiger partial charge < -0.3 is 4.42 Å². The van der Waals surface area contributed by atoms with E-state index in [2.05, 4.69) is 14.7 Å². The molecule has 2 aromatic rings. The minimum absolute atomic E-state index is 0.0797. The van der Waals surface area contributed by atoms with Gasteiger partial charge in [-0.05, 0) is 38.1 Å². The van der Waals surface area contributed by atoms with Gasteiger partial charge in [-0.2, -0.15) is 5.10 Å². The highest BCUT2D eigenvalue weighted by Crippen LogP contribution is 2.25. The van der Waals surface area contributed by atoms with Gasteiger partial charge in [0.1, 0.15) is 10.7 Å². The Labute approximate surface area is 130 Å². The molecule has 0 radical (unpaired) electrons. The van der Waals surface area contributed by atoms with E-state index in [9.17, 15) is 8.42 Å². The third kappa shape index (κ3) is 3.23. The van der Waals surface area contributed by atoms with Crippen molar-refractivity contribution in [1.29, 1.82) is 0 Å². The molecule has 8 heteroatoms. The molecule has 3 rings (SSSR count). The Bertz CT molecular complexity index is 702. The van der Waals surface area contributed by atoms with Crippen molar-refractivity contribution in [2.75, 3.05) is 19.6 Å². The van der Waals surface area contributed by atoms with Crippen LogP contribution in [-0.4, -0.2) is 42.7 Å². The Morgan fingerprint density at radius 1 is 1.41 bits per heavy atom. The van der Waals surface area contributed by atoms with Crippen molar-refractivity contribution in [1.82, 2.24) is 19.4 Å². The van der Waals surface area contributed by atoms with Crippen molar-refractivity contribution in [3.8, 4) is 0 Å². The highest BCUT2D eigenvalue weighted by molar-refractivity contribution is 7.89. The molecule has 7 nitrogen and oxygen atoms in total. The minimum Gasteiger partial charge on any atom is -0.468 e. The molecule has 0 spiro atoms. The summed E-state index contributed by atoms with van der Waals surface area (Å²) >= 11 is 0. The van der Waals surface area contributed by atoms with E-state index in [0.717, 1.165) is 31.7 Å². The quantitative estimate of drug-likeness (QED) is 0.861. The van der Waals surface area contributed by atoms with Crippen LogP contribution in [0.1, 0.15) is 24.6 Å². The summed E-state index contributed by atoms with van der Waals surface area (Å²) in [6.45, 7) is 2.20. The van der Waals surface area contributed by atoms with Gasteiger partial charge in [-0.3, -0.25) is 9.58 Å². The predicted octanol–water partition coefficient (Wildman–Crippen LogP) is 1.13. The molecule has 1 aliphatic rings. The lowest BCUT2D eigenvalue weighted by molar-refractivity contribution is 0.216. The van der Waals surface area contributed by atoms with Gasteiger partial charge in [0, 0.05) is 19.8 Å². The van der Waals surface area contributed by atoms with Crippen LogP contribution in [0.15, 0.2) is 40.1 Å². The Morgan fingerprint density at radius 3 is 2.77 bits per heavy atom. The summed E-state index contributed by atoms with van der Waals surface area (Å²) in [5.41, 5.74) is 0. The van der Waals surface area contributed by atoms with E-state index in [4.69, 9.17) is 4.42 Å². The first-order valence-electron chi connectivity index (χ1n) is 7.32. The van der Waals surface area contributed by atoms with Crippen molar-refractivity contribution < 1.29 is 12.8 Å². The zero-order chi connectivity index (χ0) is 15.6.